The van der Waals surface area contributed by atoms with Crippen molar-refractivity contribution in [2.45, 2.75) is 32.3 Å². The van der Waals surface area contributed by atoms with E-state index in [0.29, 0.717) is 13.0 Å². The summed E-state index contributed by atoms with van der Waals surface area (Å²) in [6.07, 6.45) is 3.12. The van der Waals surface area contributed by atoms with Gasteiger partial charge in [0.1, 0.15) is 0 Å². The predicted molar refractivity (Wildman–Crippen MR) is 72.3 cm³/mol. The lowest BCUT2D eigenvalue weighted by Gasteiger charge is -2.24. The maximum atomic E-state index is 11.6. The summed E-state index contributed by atoms with van der Waals surface area (Å²) in [4.78, 5) is 35.2. The zero-order valence-electron chi connectivity index (χ0n) is 11.8. The molecule has 0 saturated carbocycles. The summed E-state index contributed by atoms with van der Waals surface area (Å²) in [6.45, 7) is 4.46. The number of nitrogens with one attached hydrogen (secondary N) is 1. The lowest BCUT2D eigenvalue weighted by atomic mass is 10.1. The van der Waals surface area contributed by atoms with Gasteiger partial charge in [0.15, 0.2) is 0 Å². The molecule has 0 bridgehead atoms. The molecule has 7 heteroatoms. The number of hydrogen-bond donors (Lipinski definition) is 2. The van der Waals surface area contributed by atoms with Gasteiger partial charge in [-0.05, 0) is 20.3 Å². The highest BCUT2D eigenvalue weighted by atomic mass is 16.5. The van der Waals surface area contributed by atoms with E-state index >= 15 is 0 Å². The minimum atomic E-state index is -0.396. The Morgan fingerprint density at radius 2 is 1.95 bits per heavy atom. The van der Waals surface area contributed by atoms with Crippen molar-refractivity contribution < 1.29 is 19.1 Å². The van der Waals surface area contributed by atoms with E-state index < -0.39 is 5.60 Å². The summed E-state index contributed by atoms with van der Waals surface area (Å²) < 4.78 is 5.30. The van der Waals surface area contributed by atoms with Crippen LogP contribution in [0.2, 0.25) is 0 Å². The second-order valence-electron chi connectivity index (χ2n) is 5.08. The summed E-state index contributed by atoms with van der Waals surface area (Å²) in [5.74, 6) is -0.957. The molecule has 0 saturated heterocycles. The van der Waals surface area contributed by atoms with E-state index in [-0.39, 0.29) is 37.4 Å². The van der Waals surface area contributed by atoms with Crippen LogP contribution in [0.3, 0.4) is 0 Å². The molecule has 0 fully saturated rings. The Hall–Kier alpha value is -1.73. The monoisotopic (exact) mass is 283 g/mol. The van der Waals surface area contributed by atoms with E-state index in [9.17, 15) is 14.4 Å². The fourth-order valence-corrected chi connectivity index (χ4v) is 1.75. The molecule has 1 heterocycles. The number of imide groups is 1. The Morgan fingerprint density at radius 1 is 1.35 bits per heavy atom. The average Bonchev–Trinajstić information content (AvgIpc) is 2.66. The van der Waals surface area contributed by atoms with E-state index in [1.165, 1.54) is 12.2 Å². The Bertz CT molecular complexity index is 400. The van der Waals surface area contributed by atoms with Gasteiger partial charge < -0.3 is 15.8 Å². The van der Waals surface area contributed by atoms with Gasteiger partial charge in [-0.25, -0.2) is 0 Å². The van der Waals surface area contributed by atoms with Crippen molar-refractivity contribution in [3.63, 3.8) is 0 Å². The summed E-state index contributed by atoms with van der Waals surface area (Å²) in [5.41, 5.74) is 4.91. The number of carbonyl (C=O) groups is 3. The highest BCUT2D eigenvalue weighted by Gasteiger charge is 2.23. The molecule has 0 aromatic heterocycles. The van der Waals surface area contributed by atoms with Gasteiger partial charge in [-0.2, -0.15) is 0 Å². The molecule has 0 atom stereocenters. The lowest BCUT2D eigenvalue weighted by molar-refractivity contribution is -0.137. The third kappa shape index (κ3) is 5.10. The molecule has 1 aliphatic rings. The summed E-state index contributed by atoms with van der Waals surface area (Å²) in [7, 11) is 0. The fourth-order valence-electron chi connectivity index (χ4n) is 1.75. The fraction of sp³-hybridized carbons (Fsp3) is 0.615. The SMILES string of the molecule is CC(C)(CCNC(=O)CCN1C(=O)C=CC1=O)OCN. The maximum Gasteiger partial charge on any atom is 0.253 e. The van der Waals surface area contributed by atoms with Gasteiger partial charge in [-0.15, -0.1) is 0 Å². The van der Waals surface area contributed by atoms with Crippen molar-refractivity contribution >= 4 is 17.7 Å². The third-order valence-corrected chi connectivity index (χ3v) is 2.99. The molecule has 7 nitrogen and oxygen atoms in total. The van der Waals surface area contributed by atoms with Crippen molar-refractivity contribution in [1.29, 1.82) is 0 Å². The van der Waals surface area contributed by atoms with Crippen molar-refractivity contribution in [3.8, 4) is 0 Å². The van der Waals surface area contributed by atoms with E-state index in [1.54, 1.807) is 0 Å². The largest absolute Gasteiger partial charge is 0.361 e. The van der Waals surface area contributed by atoms with Crippen LogP contribution >= 0.6 is 0 Å². The zero-order valence-corrected chi connectivity index (χ0v) is 11.8. The van der Waals surface area contributed by atoms with E-state index in [4.69, 9.17) is 10.5 Å². The number of amides is 3. The van der Waals surface area contributed by atoms with Crippen LogP contribution in [0.5, 0.6) is 0 Å². The van der Waals surface area contributed by atoms with Gasteiger partial charge in [0.25, 0.3) is 11.8 Å². The Morgan fingerprint density at radius 3 is 2.50 bits per heavy atom. The van der Waals surface area contributed by atoms with Crippen LogP contribution in [-0.2, 0) is 19.1 Å². The summed E-state index contributed by atoms with van der Waals surface area (Å²) in [6, 6.07) is 0. The van der Waals surface area contributed by atoms with E-state index in [1.807, 2.05) is 13.8 Å². The molecule has 3 amide bonds. The molecule has 1 aliphatic heterocycles. The minimum absolute atomic E-state index is 0.0946. The minimum Gasteiger partial charge on any atom is -0.361 e. The number of rotatable bonds is 8. The molecular formula is C13H21N3O4. The molecule has 20 heavy (non-hydrogen) atoms. The zero-order chi connectivity index (χ0) is 15.2. The van der Waals surface area contributed by atoms with Crippen LogP contribution in [0, 0.1) is 0 Å². The van der Waals surface area contributed by atoms with E-state index in [2.05, 4.69) is 5.32 Å². The Labute approximate surface area is 118 Å². The number of hydrogen-bond acceptors (Lipinski definition) is 5. The third-order valence-electron chi connectivity index (χ3n) is 2.99. The molecular weight excluding hydrogens is 262 g/mol. The predicted octanol–water partition coefficient (Wildman–Crippen LogP) is -0.481. The van der Waals surface area contributed by atoms with Crippen LogP contribution in [0.25, 0.3) is 0 Å². The first kappa shape index (κ1) is 16.3. The second kappa shape index (κ2) is 7.16. The van der Waals surface area contributed by atoms with Gasteiger partial charge >= 0.3 is 0 Å². The number of nitrogens with two attached hydrogens (primary N) is 1. The van der Waals surface area contributed by atoms with E-state index in [0.717, 1.165) is 4.90 Å². The van der Waals surface area contributed by atoms with Gasteiger partial charge in [0, 0.05) is 31.7 Å². The Kier molecular flexibility index (Phi) is 5.84. The molecule has 0 spiro atoms. The highest BCUT2D eigenvalue weighted by Crippen LogP contribution is 2.12. The first-order valence-electron chi connectivity index (χ1n) is 6.50. The normalized spacial score (nSPS) is 15.1. The quantitative estimate of drug-likeness (QED) is 0.463. The molecule has 0 unspecified atom stereocenters. The topological polar surface area (TPSA) is 102 Å². The lowest BCUT2D eigenvalue weighted by Crippen LogP contribution is -2.37. The molecule has 0 radical (unpaired) electrons. The molecule has 0 aromatic carbocycles. The standard InChI is InChI=1S/C13H21N3O4/c1-13(2,20-9-14)6-7-15-10(17)5-8-16-11(18)3-4-12(16)19/h3-4H,5-9,14H2,1-2H3,(H,15,17). The maximum absolute atomic E-state index is 11.6. The van der Waals surface area contributed by atoms with Crippen LogP contribution in [0.1, 0.15) is 26.7 Å². The molecule has 0 aliphatic carbocycles. The van der Waals surface area contributed by atoms with Crippen molar-refractivity contribution in [2.24, 2.45) is 5.73 Å². The second-order valence-corrected chi connectivity index (χ2v) is 5.08. The summed E-state index contributed by atoms with van der Waals surface area (Å²) in [5, 5.41) is 2.72. The van der Waals surface area contributed by atoms with Crippen molar-refractivity contribution in [2.75, 3.05) is 19.8 Å². The Balaban J connectivity index is 2.21. The average molecular weight is 283 g/mol. The smallest absolute Gasteiger partial charge is 0.253 e. The molecule has 3 N–H and O–H groups in total. The molecule has 0 aromatic rings. The van der Waals surface area contributed by atoms with Crippen LogP contribution in [0.4, 0.5) is 0 Å². The summed E-state index contributed by atoms with van der Waals surface area (Å²) >= 11 is 0. The van der Waals surface area contributed by atoms with Gasteiger partial charge in [-0.3, -0.25) is 19.3 Å². The van der Waals surface area contributed by atoms with Crippen LogP contribution in [-0.4, -0.2) is 48.0 Å². The van der Waals surface area contributed by atoms with Crippen molar-refractivity contribution in [1.82, 2.24) is 10.2 Å². The van der Waals surface area contributed by atoms with Crippen LogP contribution < -0.4 is 11.1 Å². The van der Waals surface area contributed by atoms with Crippen LogP contribution in [0.15, 0.2) is 12.2 Å². The van der Waals surface area contributed by atoms with Gasteiger partial charge in [0.2, 0.25) is 5.91 Å². The van der Waals surface area contributed by atoms with Gasteiger partial charge in [0.05, 0.1) is 12.3 Å². The molecule has 112 valence electrons. The van der Waals surface area contributed by atoms with Crippen molar-refractivity contribution in [3.05, 3.63) is 12.2 Å². The number of ether oxygens (including phenoxy) is 1. The highest BCUT2D eigenvalue weighted by molar-refractivity contribution is 6.13. The first-order chi connectivity index (χ1) is 9.35. The number of nitrogens with zero attached hydrogens (tertiary/aromatic N) is 1. The molecule has 1 rings (SSSR count). The van der Waals surface area contributed by atoms with Gasteiger partial charge in [-0.1, -0.05) is 0 Å². The number of carbonyl (C=O) groups excluding carboxylic acids is 3. The first-order valence-corrected chi connectivity index (χ1v) is 6.50.